The van der Waals surface area contributed by atoms with Crippen molar-refractivity contribution in [1.82, 2.24) is 4.90 Å². The van der Waals surface area contributed by atoms with Crippen molar-refractivity contribution in [3.8, 4) is 17.2 Å². The molecule has 190 valence electrons. The molecule has 1 amide bonds. The highest BCUT2D eigenvalue weighted by Crippen LogP contribution is 2.44. The number of Topliss-reactive ketones (excluding diaryl/α,β-unsaturated/α-hetero) is 1. The number of hydrogen-bond acceptors (Lipinski definition) is 8. The largest absolute Gasteiger partial charge is 0.508 e. The maximum Gasteiger partial charge on any atom is 0.337 e. The standard InChI is InChI=1S/C28H25NO8/c1-35-20-8-5-9-21(36-2)22(20)25(31)23-24(18-6-4-7-19(30)14-18)29(27(33)26(23)32)15-16-10-12-17(13-11-16)28(34)37-3/h4-14,24,30-31H,15H2,1-3H3/b25-23+. The number of carbonyl (C=O) groups is 3. The topological polar surface area (TPSA) is 123 Å². The lowest BCUT2D eigenvalue weighted by Crippen LogP contribution is -2.29. The van der Waals surface area contributed by atoms with Gasteiger partial charge in [0.15, 0.2) is 0 Å². The molecule has 2 N–H and O–H groups in total. The number of esters is 1. The third-order valence-corrected chi connectivity index (χ3v) is 6.12. The van der Waals surface area contributed by atoms with Crippen molar-refractivity contribution in [2.24, 2.45) is 0 Å². The molecule has 1 unspecified atom stereocenters. The number of hydrogen-bond donors (Lipinski definition) is 2. The normalized spacial score (nSPS) is 16.5. The third-order valence-electron chi connectivity index (χ3n) is 6.12. The number of likely N-dealkylation sites (tertiary alicyclic amines) is 1. The number of aliphatic hydroxyl groups excluding tert-OH is 1. The molecular formula is C28H25NO8. The quantitative estimate of drug-likeness (QED) is 0.216. The summed E-state index contributed by atoms with van der Waals surface area (Å²) in [6, 6.07) is 16.4. The van der Waals surface area contributed by atoms with Crippen molar-refractivity contribution in [2.45, 2.75) is 12.6 Å². The van der Waals surface area contributed by atoms with Crippen LogP contribution in [0.2, 0.25) is 0 Å². The molecule has 9 nitrogen and oxygen atoms in total. The maximum absolute atomic E-state index is 13.4. The molecule has 1 saturated heterocycles. The molecule has 0 spiro atoms. The first-order chi connectivity index (χ1) is 17.8. The van der Waals surface area contributed by atoms with Crippen LogP contribution >= 0.6 is 0 Å². The van der Waals surface area contributed by atoms with Crippen LogP contribution < -0.4 is 9.47 Å². The first-order valence-electron chi connectivity index (χ1n) is 11.3. The monoisotopic (exact) mass is 503 g/mol. The Morgan fingerprint density at radius 1 is 0.919 bits per heavy atom. The summed E-state index contributed by atoms with van der Waals surface area (Å²) in [6.45, 7) is -0.00775. The molecule has 1 fully saturated rings. The fourth-order valence-electron chi connectivity index (χ4n) is 4.36. The predicted molar refractivity (Wildman–Crippen MR) is 133 cm³/mol. The van der Waals surface area contributed by atoms with Crippen LogP contribution in [-0.4, -0.2) is 54.1 Å². The number of ether oxygens (including phenoxy) is 3. The second kappa shape index (κ2) is 10.4. The van der Waals surface area contributed by atoms with Gasteiger partial charge in [-0.3, -0.25) is 9.59 Å². The first-order valence-corrected chi connectivity index (χ1v) is 11.3. The van der Waals surface area contributed by atoms with Crippen molar-refractivity contribution in [2.75, 3.05) is 21.3 Å². The average Bonchev–Trinajstić information content (AvgIpc) is 3.17. The van der Waals surface area contributed by atoms with Crippen molar-refractivity contribution in [1.29, 1.82) is 0 Å². The lowest BCUT2D eigenvalue weighted by molar-refractivity contribution is -0.140. The number of methoxy groups -OCH3 is 3. The lowest BCUT2D eigenvalue weighted by atomic mass is 9.94. The third kappa shape index (κ3) is 4.71. The zero-order valence-corrected chi connectivity index (χ0v) is 20.4. The van der Waals surface area contributed by atoms with E-state index in [1.165, 1.54) is 38.4 Å². The van der Waals surface area contributed by atoms with Gasteiger partial charge in [0.2, 0.25) is 0 Å². The Morgan fingerprint density at radius 3 is 2.11 bits per heavy atom. The molecule has 1 aliphatic heterocycles. The number of amides is 1. The summed E-state index contributed by atoms with van der Waals surface area (Å²) in [6.07, 6.45) is 0. The Hall–Kier alpha value is -4.79. The molecule has 0 saturated carbocycles. The minimum absolute atomic E-state index is 0.00775. The summed E-state index contributed by atoms with van der Waals surface area (Å²) in [7, 11) is 4.10. The van der Waals surface area contributed by atoms with Crippen LogP contribution in [0.1, 0.15) is 33.1 Å². The van der Waals surface area contributed by atoms with Gasteiger partial charge in [0.1, 0.15) is 28.6 Å². The van der Waals surface area contributed by atoms with Gasteiger partial charge in [-0.05, 0) is 47.5 Å². The van der Waals surface area contributed by atoms with Gasteiger partial charge in [-0.15, -0.1) is 0 Å². The zero-order valence-electron chi connectivity index (χ0n) is 20.4. The molecule has 0 bridgehead atoms. The van der Waals surface area contributed by atoms with Crippen molar-refractivity contribution >= 4 is 23.4 Å². The number of rotatable bonds is 7. The van der Waals surface area contributed by atoms with E-state index in [9.17, 15) is 24.6 Å². The molecule has 1 aliphatic rings. The summed E-state index contributed by atoms with van der Waals surface area (Å²) in [5.74, 6) is -2.28. The fraction of sp³-hybridized carbons (Fsp3) is 0.179. The van der Waals surface area contributed by atoms with E-state index in [1.807, 2.05) is 0 Å². The Kier molecular flexibility index (Phi) is 7.15. The van der Waals surface area contributed by atoms with E-state index >= 15 is 0 Å². The van der Waals surface area contributed by atoms with Crippen LogP contribution in [0.5, 0.6) is 17.2 Å². The van der Waals surface area contributed by atoms with Gasteiger partial charge in [-0.2, -0.15) is 0 Å². The molecule has 4 rings (SSSR count). The Balaban J connectivity index is 1.87. The molecular weight excluding hydrogens is 478 g/mol. The summed E-state index contributed by atoms with van der Waals surface area (Å²) < 4.78 is 15.5. The van der Waals surface area contributed by atoms with Crippen LogP contribution in [0.3, 0.4) is 0 Å². The molecule has 0 radical (unpaired) electrons. The van der Waals surface area contributed by atoms with E-state index in [4.69, 9.17) is 14.2 Å². The minimum atomic E-state index is -1.03. The van der Waals surface area contributed by atoms with Gasteiger partial charge < -0.3 is 29.3 Å². The van der Waals surface area contributed by atoms with Gasteiger partial charge in [0.05, 0.1) is 38.5 Å². The van der Waals surface area contributed by atoms with E-state index in [1.54, 1.807) is 54.6 Å². The highest BCUT2D eigenvalue weighted by Gasteiger charge is 2.46. The van der Waals surface area contributed by atoms with Crippen LogP contribution in [0.4, 0.5) is 0 Å². The van der Waals surface area contributed by atoms with E-state index in [-0.39, 0.29) is 34.9 Å². The maximum atomic E-state index is 13.4. The van der Waals surface area contributed by atoms with Crippen LogP contribution in [-0.2, 0) is 20.9 Å². The second-order valence-corrected chi connectivity index (χ2v) is 8.25. The predicted octanol–water partition coefficient (Wildman–Crippen LogP) is 3.82. The molecule has 1 heterocycles. The summed E-state index contributed by atoms with van der Waals surface area (Å²) in [4.78, 5) is 39.7. The Bertz CT molecular complexity index is 1370. The Morgan fingerprint density at radius 2 is 1.54 bits per heavy atom. The number of carbonyl (C=O) groups excluding carboxylic acids is 3. The number of nitrogens with zero attached hydrogens (tertiary/aromatic N) is 1. The molecule has 37 heavy (non-hydrogen) atoms. The number of aromatic hydroxyl groups is 1. The Labute approximate surface area is 213 Å². The van der Waals surface area contributed by atoms with Crippen molar-refractivity contribution < 1.29 is 38.8 Å². The minimum Gasteiger partial charge on any atom is -0.508 e. The van der Waals surface area contributed by atoms with Gasteiger partial charge >= 0.3 is 5.97 Å². The van der Waals surface area contributed by atoms with Crippen molar-refractivity contribution in [3.63, 3.8) is 0 Å². The van der Waals surface area contributed by atoms with Crippen molar-refractivity contribution in [3.05, 3.63) is 94.6 Å². The molecule has 1 atom stereocenters. The number of ketones is 1. The van der Waals surface area contributed by atoms with Crippen LogP contribution in [0, 0.1) is 0 Å². The lowest BCUT2D eigenvalue weighted by Gasteiger charge is -2.26. The molecule has 9 heteroatoms. The summed E-state index contributed by atoms with van der Waals surface area (Å²) in [5, 5.41) is 21.6. The number of benzene rings is 3. The van der Waals surface area contributed by atoms with Crippen LogP contribution in [0.25, 0.3) is 5.76 Å². The first kappa shape index (κ1) is 25.3. The number of phenolic OH excluding ortho intramolecular Hbond substituents is 1. The van der Waals surface area contributed by atoms with E-state index < -0.39 is 29.5 Å². The molecule has 3 aromatic carbocycles. The van der Waals surface area contributed by atoms with Gasteiger partial charge in [0, 0.05) is 6.54 Å². The van der Waals surface area contributed by atoms with E-state index in [0.29, 0.717) is 16.7 Å². The summed E-state index contributed by atoms with van der Waals surface area (Å²) >= 11 is 0. The highest BCUT2D eigenvalue weighted by atomic mass is 16.5. The molecule has 3 aromatic rings. The summed E-state index contributed by atoms with van der Waals surface area (Å²) in [5.41, 5.74) is 1.33. The highest BCUT2D eigenvalue weighted by molar-refractivity contribution is 6.46. The SMILES string of the molecule is COC(=O)c1ccc(CN2C(=O)C(=O)/C(=C(/O)c3c(OC)cccc3OC)C2c2cccc(O)c2)cc1. The van der Waals surface area contributed by atoms with E-state index in [2.05, 4.69) is 0 Å². The number of aliphatic hydroxyl groups is 1. The fourth-order valence-corrected chi connectivity index (χ4v) is 4.36. The van der Waals surface area contributed by atoms with Gasteiger partial charge in [-0.1, -0.05) is 30.3 Å². The van der Waals surface area contributed by atoms with Gasteiger partial charge in [0.25, 0.3) is 11.7 Å². The van der Waals surface area contributed by atoms with E-state index in [0.717, 1.165) is 0 Å². The smallest absolute Gasteiger partial charge is 0.337 e. The number of phenols is 1. The molecule has 0 aliphatic carbocycles. The zero-order chi connectivity index (χ0) is 26.7. The molecule has 0 aromatic heterocycles. The second-order valence-electron chi connectivity index (χ2n) is 8.25. The van der Waals surface area contributed by atoms with Gasteiger partial charge in [-0.25, -0.2) is 4.79 Å². The van der Waals surface area contributed by atoms with Crippen LogP contribution in [0.15, 0.2) is 72.3 Å². The average molecular weight is 504 g/mol.